The van der Waals surface area contributed by atoms with Gasteiger partial charge in [-0.05, 0) is 61.6 Å². The second-order valence-corrected chi connectivity index (χ2v) is 12.6. The Morgan fingerprint density at radius 3 is 2.72 bits per heavy atom. The molecule has 0 bridgehead atoms. The van der Waals surface area contributed by atoms with Gasteiger partial charge < -0.3 is 15.3 Å². The van der Waals surface area contributed by atoms with E-state index in [1.807, 2.05) is 13.1 Å². The number of rotatable bonds is 8. The number of aromatic nitrogens is 4. The van der Waals surface area contributed by atoms with Crippen molar-refractivity contribution in [2.24, 2.45) is 0 Å². The maximum absolute atomic E-state index is 13.6. The molecule has 1 saturated heterocycles. The van der Waals surface area contributed by atoms with Gasteiger partial charge in [-0.2, -0.15) is 4.39 Å². The first-order valence-corrected chi connectivity index (χ1v) is 15.3. The number of nitrogens with one attached hydrogen (secondary N) is 1. The fourth-order valence-corrected chi connectivity index (χ4v) is 7.35. The van der Waals surface area contributed by atoms with Crippen molar-refractivity contribution in [1.82, 2.24) is 29.5 Å². The topological polar surface area (TPSA) is 105 Å². The highest BCUT2D eigenvalue weighted by atomic mass is 35.5. The van der Waals surface area contributed by atoms with Crippen LogP contribution in [0.2, 0.25) is 5.02 Å². The Labute approximate surface area is 253 Å². The van der Waals surface area contributed by atoms with E-state index in [0.29, 0.717) is 22.0 Å². The van der Waals surface area contributed by atoms with Crippen LogP contribution in [-0.4, -0.2) is 73.5 Å². The number of amides is 1. The number of likely N-dealkylation sites (tertiary alicyclic amines) is 1. The highest BCUT2D eigenvalue weighted by molar-refractivity contribution is 7.15. The molecule has 3 aromatic heterocycles. The highest BCUT2D eigenvalue weighted by Gasteiger charge is 2.36. The summed E-state index contributed by atoms with van der Waals surface area (Å²) in [5, 5.41) is 20.9. The molecule has 4 aromatic rings. The number of benzene rings is 1. The van der Waals surface area contributed by atoms with E-state index in [4.69, 9.17) is 11.6 Å². The summed E-state index contributed by atoms with van der Waals surface area (Å²) in [6.45, 7) is 0.225. The van der Waals surface area contributed by atoms with Gasteiger partial charge in [-0.25, -0.2) is 13.8 Å². The van der Waals surface area contributed by atoms with Crippen LogP contribution in [0, 0.1) is 5.95 Å². The first kappa shape index (κ1) is 29.8. The number of alkyl halides is 2. The molecule has 2 N–H and O–H groups in total. The zero-order valence-corrected chi connectivity index (χ0v) is 24.8. The molecule has 0 radical (unpaired) electrons. The lowest BCUT2D eigenvalue weighted by atomic mass is 9.91. The Hall–Kier alpha value is -3.26. The maximum Gasteiger partial charge on any atom is 0.262 e. The van der Waals surface area contributed by atoms with E-state index in [1.165, 1.54) is 32.7 Å². The van der Waals surface area contributed by atoms with E-state index in [9.17, 15) is 27.9 Å². The summed E-state index contributed by atoms with van der Waals surface area (Å²) in [6.07, 6.45) is 1.08. The van der Waals surface area contributed by atoms with E-state index in [0.717, 1.165) is 45.8 Å². The summed E-state index contributed by atoms with van der Waals surface area (Å²) in [7, 11) is 1.94. The number of thiophene rings is 1. The Bertz CT molecular complexity index is 1730. The van der Waals surface area contributed by atoms with Crippen molar-refractivity contribution in [1.29, 1.82) is 0 Å². The molecule has 1 amide bonds. The number of halogens is 4. The predicted molar refractivity (Wildman–Crippen MR) is 157 cm³/mol. The second-order valence-electron chi connectivity index (χ2n) is 11.3. The minimum Gasteiger partial charge on any atom is -0.388 e. The van der Waals surface area contributed by atoms with Crippen LogP contribution in [0.1, 0.15) is 36.4 Å². The third kappa shape index (κ3) is 5.83. The van der Waals surface area contributed by atoms with Crippen molar-refractivity contribution in [3.63, 3.8) is 0 Å². The van der Waals surface area contributed by atoms with Gasteiger partial charge in [-0.3, -0.25) is 18.8 Å². The summed E-state index contributed by atoms with van der Waals surface area (Å²) in [5.41, 5.74) is 2.23. The number of piperidine rings is 1. The lowest BCUT2D eigenvalue weighted by Crippen LogP contribution is -2.50. The van der Waals surface area contributed by atoms with Crippen molar-refractivity contribution in [3.8, 4) is 10.4 Å². The molecule has 4 heterocycles. The molecule has 1 fully saturated rings. The van der Waals surface area contributed by atoms with E-state index >= 15 is 0 Å². The van der Waals surface area contributed by atoms with Gasteiger partial charge in [-0.15, -0.1) is 16.4 Å². The Kier molecular flexibility index (Phi) is 8.09. The van der Waals surface area contributed by atoms with E-state index in [-0.39, 0.29) is 38.0 Å². The number of nitrogens with zero attached hydrogens (tertiary/aromatic N) is 5. The first-order chi connectivity index (χ1) is 20.5. The number of hydrogen-bond donors (Lipinski definition) is 2. The average molecular weight is 635 g/mol. The molecule has 0 spiro atoms. The van der Waals surface area contributed by atoms with E-state index in [2.05, 4.69) is 21.5 Å². The van der Waals surface area contributed by atoms with Crippen LogP contribution in [-0.2, 0) is 24.2 Å². The van der Waals surface area contributed by atoms with Crippen LogP contribution in [0.25, 0.3) is 21.3 Å². The summed E-state index contributed by atoms with van der Waals surface area (Å²) in [5.74, 6) is -1.44. The third-order valence-electron chi connectivity index (χ3n) is 8.56. The van der Waals surface area contributed by atoms with Crippen LogP contribution >= 0.6 is 22.9 Å². The molecular formula is C29H30ClF3N6O3S. The quantitative estimate of drug-likeness (QED) is 0.303. The zero-order valence-electron chi connectivity index (χ0n) is 23.3. The molecule has 2 atom stereocenters. The lowest BCUT2D eigenvalue weighted by molar-refractivity contribution is -0.138. The SMILES string of the molecule is CNC1Cc2cc(-c3scc4c(=O)n(CC5(O)CCN(C(=O)CC(C(F)F)n6ccc(F)n6)CC5)cnc34)cc(Cl)c2C1. The molecule has 1 aromatic carbocycles. The monoisotopic (exact) mass is 634 g/mol. The lowest BCUT2D eigenvalue weighted by Gasteiger charge is -2.38. The Morgan fingerprint density at radius 1 is 1.28 bits per heavy atom. The number of aliphatic hydroxyl groups is 1. The summed E-state index contributed by atoms with van der Waals surface area (Å²) in [4.78, 5) is 33.1. The fraction of sp³-hybridized carbons (Fsp3) is 0.448. The van der Waals surface area contributed by atoms with Crippen LogP contribution in [0.5, 0.6) is 0 Å². The van der Waals surface area contributed by atoms with E-state index < -0.39 is 36.3 Å². The fourth-order valence-electron chi connectivity index (χ4n) is 6.06. The van der Waals surface area contributed by atoms with Gasteiger partial charge in [0.15, 0.2) is 0 Å². The zero-order chi connectivity index (χ0) is 30.5. The average Bonchev–Trinajstić information content (AvgIpc) is 3.71. The van der Waals surface area contributed by atoms with Gasteiger partial charge in [0.2, 0.25) is 11.9 Å². The highest BCUT2D eigenvalue weighted by Crippen LogP contribution is 2.38. The van der Waals surface area contributed by atoms with Gasteiger partial charge >= 0.3 is 0 Å². The van der Waals surface area contributed by atoms with E-state index in [1.54, 1.807) is 5.38 Å². The number of likely N-dealkylation sites (N-methyl/N-ethyl adjacent to an activating group) is 1. The van der Waals surface area contributed by atoms with Gasteiger partial charge in [-0.1, -0.05) is 11.6 Å². The van der Waals surface area contributed by atoms with Gasteiger partial charge in [0.05, 0.1) is 40.7 Å². The van der Waals surface area contributed by atoms with Crippen LogP contribution < -0.4 is 10.9 Å². The second kappa shape index (κ2) is 11.7. The number of carbonyl (C=O) groups is 1. The predicted octanol–water partition coefficient (Wildman–Crippen LogP) is 4.05. The first-order valence-electron chi connectivity index (χ1n) is 14.0. The smallest absolute Gasteiger partial charge is 0.262 e. The number of fused-ring (bicyclic) bond motifs is 2. The van der Waals surface area contributed by atoms with Crippen molar-refractivity contribution in [3.05, 3.63) is 68.6 Å². The maximum atomic E-state index is 13.6. The van der Waals surface area contributed by atoms with Crippen LogP contribution in [0.3, 0.4) is 0 Å². The standard InChI is InChI=1S/C29H30ClF3N6O3S/c1-34-18-9-16-8-17(10-21(30)19(16)11-18)26-25-20(13-43-26)28(41)38(15-35-25)14-29(42)3-6-37(7-4-29)24(40)12-22(27(32)33)39-5-2-23(31)36-39/h2,5,8,10,13,15,18,22,27,34,42H,3-4,6-7,9,11-12,14H2,1H3. The third-order valence-corrected chi connectivity index (χ3v) is 9.91. The summed E-state index contributed by atoms with van der Waals surface area (Å²) >= 11 is 8.05. The van der Waals surface area contributed by atoms with Crippen molar-refractivity contribution < 1.29 is 23.1 Å². The Balaban J connectivity index is 1.14. The molecule has 0 saturated carbocycles. The van der Waals surface area contributed by atoms with Gasteiger partial charge in [0, 0.05) is 41.8 Å². The van der Waals surface area contributed by atoms with Crippen molar-refractivity contribution >= 4 is 39.7 Å². The molecule has 9 nitrogen and oxygen atoms in total. The number of hydrogen-bond acceptors (Lipinski definition) is 7. The van der Waals surface area contributed by atoms with Gasteiger partial charge in [0.1, 0.15) is 6.04 Å². The molecule has 2 unspecified atom stereocenters. The summed E-state index contributed by atoms with van der Waals surface area (Å²) < 4.78 is 42.6. The summed E-state index contributed by atoms with van der Waals surface area (Å²) in [6, 6.07) is 3.74. The van der Waals surface area contributed by atoms with Crippen LogP contribution in [0.4, 0.5) is 13.2 Å². The molecule has 1 aliphatic carbocycles. The van der Waals surface area contributed by atoms with Gasteiger partial charge in [0.25, 0.3) is 12.0 Å². The van der Waals surface area contributed by atoms with Crippen LogP contribution in [0.15, 0.2) is 40.9 Å². The molecule has 43 heavy (non-hydrogen) atoms. The molecule has 1 aliphatic heterocycles. The largest absolute Gasteiger partial charge is 0.388 e. The molecule has 228 valence electrons. The molecule has 2 aliphatic rings. The molecule has 14 heteroatoms. The molecule has 6 rings (SSSR count). The Morgan fingerprint density at radius 2 is 2.05 bits per heavy atom. The number of carbonyl (C=O) groups excluding carboxylic acids is 1. The normalized spacial score (nSPS) is 18.9. The molecular weight excluding hydrogens is 605 g/mol. The minimum atomic E-state index is -2.91. The van der Waals surface area contributed by atoms with Crippen molar-refractivity contribution in [2.45, 2.75) is 62.8 Å². The van der Waals surface area contributed by atoms with Crippen molar-refractivity contribution in [2.75, 3.05) is 20.1 Å². The minimum absolute atomic E-state index is 0.0235.